The zero-order valence-corrected chi connectivity index (χ0v) is 25.0. The fourth-order valence-corrected chi connectivity index (χ4v) is 8.98. The second-order valence-electron chi connectivity index (χ2n) is 12.7. The first-order valence-electron chi connectivity index (χ1n) is 15.0. The average molecular weight is 581 g/mol. The first-order chi connectivity index (χ1) is 19.6. The summed E-state index contributed by atoms with van der Waals surface area (Å²) in [6.07, 6.45) is 9.07. The van der Waals surface area contributed by atoms with Gasteiger partial charge in [-0.3, -0.25) is 4.79 Å². The van der Waals surface area contributed by atoms with Gasteiger partial charge in [-0.25, -0.2) is 18.3 Å². The third kappa shape index (κ3) is 4.40. The number of hydrogen-bond donors (Lipinski definition) is 2. The molecular formula is C31H38F2N6OS. The predicted octanol–water partition coefficient (Wildman–Crippen LogP) is 6.20. The van der Waals surface area contributed by atoms with Gasteiger partial charge in [0.1, 0.15) is 11.2 Å². The summed E-state index contributed by atoms with van der Waals surface area (Å²) in [6, 6.07) is -0.491. The summed E-state index contributed by atoms with van der Waals surface area (Å²) in [5.74, 6) is -2.81. The molecule has 4 aromatic heterocycles. The van der Waals surface area contributed by atoms with E-state index >= 15 is 0 Å². The number of hydrogen-bond acceptors (Lipinski definition) is 5. The Balaban J connectivity index is 1.15. The van der Waals surface area contributed by atoms with Crippen LogP contribution in [-0.2, 0) is 17.6 Å². The van der Waals surface area contributed by atoms with Crippen LogP contribution in [0.1, 0.15) is 85.4 Å². The SMILES string of the molecule is Cc1c(C2CCN(C(=O)[C@@H]3C[C@H](C(C)(F)F)CN3)CC2)sc2[nH]c(-c3cn4ncnc4c4c3CCC4)c(C(C)C)c12. The van der Waals surface area contributed by atoms with Crippen molar-refractivity contribution in [2.24, 2.45) is 5.92 Å². The lowest BCUT2D eigenvalue weighted by Crippen LogP contribution is -2.46. The molecule has 1 aliphatic carbocycles. The van der Waals surface area contributed by atoms with Crippen molar-refractivity contribution in [2.75, 3.05) is 19.6 Å². The number of rotatable bonds is 5. The molecule has 0 aromatic carbocycles. The van der Waals surface area contributed by atoms with Crippen LogP contribution in [-0.4, -0.2) is 62.0 Å². The van der Waals surface area contributed by atoms with E-state index in [0.717, 1.165) is 44.7 Å². The van der Waals surface area contributed by atoms with Crippen LogP contribution < -0.4 is 5.32 Å². The van der Waals surface area contributed by atoms with Crippen molar-refractivity contribution in [1.29, 1.82) is 0 Å². The number of likely N-dealkylation sites (tertiary alicyclic amines) is 1. The number of pyridine rings is 1. The monoisotopic (exact) mass is 580 g/mol. The van der Waals surface area contributed by atoms with E-state index in [2.05, 4.69) is 47.4 Å². The number of alkyl halides is 2. The summed E-state index contributed by atoms with van der Waals surface area (Å²) >= 11 is 1.86. The number of aromatic amines is 1. The third-order valence-corrected chi connectivity index (χ3v) is 11.1. The van der Waals surface area contributed by atoms with Gasteiger partial charge >= 0.3 is 0 Å². The Bertz CT molecular complexity index is 1640. The van der Waals surface area contributed by atoms with E-state index in [0.29, 0.717) is 24.9 Å². The lowest BCUT2D eigenvalue weighted by Gasteiger charge is -2.33. The first-order valence-corrected chi connectivity index (χ1v) is 15.8. The number of aryl methyl sites for hydroxylation is 2. The molecule has 0 unspecified atom stereocenters. The number of nitrogens with zero attached hydrogens (tertiary/aromatic N) is 4. The predicted molar refractivity (Wildman–Crippen MR) is 158 cm³/mol. The number of carbonyl (C=O) groups excluding carboxylic acids is 1. The lowest BCUT2D eigenvalue weighted by atomic mass is 9.89. The van der Waals surface area contributed by atoms with Crippen LogP contribution >= 0.6 is 11.3 Å². The number of aromatic nitrogens is 4. The molecule has 3 aliphatic rings. The van der Waals surface area contributed by atoms with Crippen LogP contribution in [0.5, 0.6) is 0 Å². The first kappa shape index (κ1) is 27.0. The zero-order chi connectivity index (χ0) is 28.6. The minimum atomic E-state index is -2.76. The molecule has 10 heteroatoms. The smallest absolute Gasteiger partial charge is 0.249 e. The fourth-order valence-electron chi connectivity index (χ4n) is 7.58. The molecule has 41 heavy (non-hydrogen) atoms. The van der Waals surface area contributed by atoms with Gasteiger partial charge in [0.15, 0.2) is 5.65 Å². The number of thiophene rings is 1. The fraction of sp³-hybridized carbons (Fsp3) is 0.581. The molecule has 7 nitrogen and oxygen atoms in total. The maximum atomic E-state index is 13.8. The van der Waals surface area contributed by atoms with Crippen molar-refractivity contribution < 1.29 is 13.6 Å². The molecule has 0 saturated carbocycles. The Labute approximate surface area is 242 Å². The zero-order valence-electron chi connectivity index (χ0n) is 24.2. The number of halogens is 2. The molecule has 2 atom stereocenters. The van der Waals surface area contributed by atoms with E-state index in [4.69, 9.17) is 0 Å². The quantitative estimate of drug-likeness (QED) is 0.295. The molecule has 7 rings (SSSR count). The van der Waals surface area contributed by atoms with Crippen LogP contribution in [0.25, 0.3) is 27.1 Å². The van der Waals surface area contributed by atoms with Gasteiger partial charge in [-0.1, -0.05) is 13.8 Å². The summed E-state index contributed by atoms with van der Waals surface area (Å²) in [4.78, 5) is 26.0. The van der Waals surface area contributed by atoms with Gasteiger partial charge in [-0.2, -0.15) is 5.10 Å². The number of amides is 1. The van der Waals surface area contributed by atoms with Crippen LogP contribution in [0.3, 0.4) is 0 Å². The maximum absolute atomic E-state index is 13.8. The van der Waals surface area contributed by atoms with Crippen molar-refractivity contribution in [3.05, 3.63) is 39.7 Å². The van der Waals surface area contributed by atoms with Gasteiger partial charge in [-0.05, 0) is 80.9 Å². The Kier molecular flexibility index (Phi) is 6.50. The van der Waals surface area contributed by atoms with Crippen LogP contribution in [0, 0.1) is 12.8 Å². The van der Waals surface area contributed by atoms with E-state index in [-0.39, 0.29) is 18.9 Å². The molecule has 0 bridgehead atoms. The Hall–Kier alpha value is -2.85. The van der Waals surface area contributed by atoms with E-state index in [1.165, 1.54) is 48.6 Å². The topological polar surface area (TPSA) is 78.3 Å². The summed E-state index contributed by atoms with van der Waals surface area (Å²) in [6.45, 7) is 9.31. The molecule has 2 fully saturated rings. The number of piperidine rings is 1. The minimum Gasteiger partial charge on any atom is -0.346 e. The highest BCUT2D eigenvalue weighted by Crippen LogP contribution is 2.47. The summed E-state index contributed by atoms with van der Waals surface area (Å²) in [7, 11) is 0. The van der Waals surface area contributed by atoms with Gasteiger partial charge in [0.05, 0.1) is 11.7 Å². The Morgan fingerprint density at radius 1 is 1.20 bits per heavy atom. The molecule has 2 N–H and O–H groups in total. The van der Waals surface area contributed by atoms with E-state index in [9.17, 15) is 13.6 Å². The van der Waals surface area contributed by atoms with Gasteiger partial charge in [0.25, 0.3) is 0 Å². The van der Waals surface area contributed by atoms with Crippen molar-refractivity contribution in [2.45, 2.75) is 90.0 Å². The number of nitrogens with one attached hydrogen (secondary N) is 2. The minimum absolute atomic E-state index is 0.0196. The van der Waals surface area contributed by atoms with Crippen molar-refractivity contribution >= 4 is 33.1 Å². The maximum Gasteiger partial charge on any atom is 0.249 e. The van der Waals surface area contributed by atoms with Gasteiger partial charge in [0, 0.05) is 53.1 Å². The van der Waals surface area contributed by atoms with Gasteiger partial charge in [-0.15, -0.1) is 11.3 Å². The highest BCUT2D eigenvalue weighted by Gasteiger charge is 2.43. The van der Waals surface area contributed by atoms with E-state index in [1.54, 1.807) is 6.33 Å². The molecule has 2 aliphatic heterocycles. The summed E-state index contributed by atoms with van der Waals surface area (Å²) in [5, 5.41) is 8.88. The highest BCUT2D eigenvalue weighted by molar-refractivity contribution is 7.19. The van der Waals surface area contributed by atoms with Gasteiger partial charge in [0.2, 0.25) is 11.8 Å². The molecular weight excluding hydrogens is 542 g/mol. The summed E-state index contributed by atoms with van der Waals surface area (Å²) < 4.78 is 29.5. The Morgan fingerprint density at radius 2 is 1.95 bits per heavy atom. The summed E-state index contributed by atoms with van der Waals surface area (Å²) in [5.41, 5.74) is 8.91. The highest BCUT2D eigenvalue weighted by atomic mass is 32.1. The Morgan fingerprint density at radius 3 is 2.66 bits per heavy atom. The van der Waals surface area contributed by atoms with E-state index in [1.807, 2.05) is 20.8 Å². The lowest BCUT2D eigenvalue weighted by molar-refractivity contribution is -0.134. The number of carbonyl (C=O) groups is 1. The van der Waals surface area contributed by atoms with Crippen LogP contribution in [0.15, 0.2) is 12.5 Å². The molecule has 4 aromatic rings. The van der Waals surface area contributed by atoms with Crippen molar-refractivity contribution in [3.63, 3.8) is 0 Å². The van der Waals surface area contributed by atoms with Crippen molar-refractivity contribution in [1.82, 2.24) is 29.8 Å². The second-order valence-corrected chi connectivity index (χ2v) is 13.7. The average Bonchev–Trinajstić information content (AvgIpc) is 3.75. The standard InChI is InChI=1S/C31H38F2N6OS/c1-16(2)24-25-17(3)27(18-8-10-38(11-9-18)30(40)23-12-19(13-34-23)31(4,32)33)41-29(25)37-26(24)22-14-39-28(35-15-36-39)21-7-5-6-20(21)22/h14-16,18-19,23,34,37H,5-13H2,1-4H3/t19-,23-/m0/s1. The second kappa shape index (κ2) is 9.87. The molecule has 6 heterocycles. The molecule has 0 radical (unpaired) electrons. The molecule has 0 spiro atoms. The van der Waals surface area contributed by atoms with Gasteiger partial charge < -0.3 is 15.2 Å². The van der Waals surface area contributed by atoms with Crippen LogP contribution in [0.4, 0.5) is 8.78 Å². The largest absolute Gasteiger partial charge is 0.346 e. The van der Waals surface area contributed by atoms with Crippen LogP contribution in [0.2, 0.25) is 0 Å². The number of H-pyrrole nitrogens is 1. The molecule has 218 valence electrons. The van der Waals surface area contributed by atoms with Crippen molar-refractivity contribution in [3.8, 4) is 11.3 Å². The van der Waals surface area contributed by atoms with E-state index < -0.39 is 17.9 Å². The molecule has 2 saturated heterocycles. The number of fused-ring (bicyclic) bond motifs is 4. The third-order valence-electron chi connectivity index (χ3n) is 9.77. The molecule has 1 amide bonds. The normalized spacial score (nSPS) is 22.1.